The second-order valence-electron chi connectivity index (χ2n) is 7.59. The molecular formula is C17H33N3O. The molecule has 0 bridgehead atoms. The van der Waals surface area contributed by atoms with Crippen molar-refractivity contribution in [3.63, 3.8) is 0 Å². The van der Waals surface area contributed by atoms with E-state index in [0.29, 0.717) is 11.8 Å². The molecule has 1 saturated carbocycles. The quantitative estimate of drug-likeness (QED) is 0.733. The first-order valence-electron chi connectivity index (χ1n) is 8.68. The van der Waals surface area contributed by atoms with Crippen LogP contribution in [0.2, 0.25) is 0 Å². The lowest BCUT2D eigenvalue weighted by atomic mass is 9.98. The molecule has 1 saturated heterocycles. The molecule has 0 radical (unpaired) electrons. The first-order chi connectivity index (χ1) is 9.94. The van der Waals surface area contributed by atoms with Gasteiger partial charge >= 0.3 is 0 Å². The van der Waals surface area contributed by atoms with Crippen LogP contribution >= 0.6 is 0 Å². The van der Waals surface area contributed by atoms with Crippen molar-refractivity contribution in [3.8, 4) is 0 Å². The topological polar surface area (TPSA) is 35.6 Å². The van der Waals surface area contributed by atoms with E-state index in [1.54, 1.807) is 0 Å². The summed E-state index contributed by atoms with van der Waals surface area (Å²) in [6.45, 7) is 6.51. The number of hydrogen-bond donors (Lipinski definition) is 1. The SMILES string of the molecule is CC(C)CC1NC2(CCCC2)C(=O)N1CCCCN(C)C. The Bertz CT molecular complexity index is 348. The van der Waals surface area contributed by atoms with Crippen LogP contribution in [0.5, 0.6) is 0 Å². The van der Waals surface area contributed by atoms with E-state index in [2.05, 4.69) is 43.1 Å². The summed E-state index contributed by atoms with van der Waals surface area (Å²) in [5.74, 6) is 1.01. The van der Waals surface area contributed by atoms with Gasteiger partial charge in [0.2, 0.25) is 5.91 Å². The maximum Gasteiger partial charge on any atom is 0.244 e. The molecule has 1 amide bonds. The van der Waals surface area contributed by atoms with Gasteiger partial charge < -0.3 is 9.80 Å². The molecule has 2 fully saturated rings. The van der Waals surface area contributed by atoms with E-state index in [4.69, 9.17) is 0 Å². The average Bonchev–Trinajstić information content (AvgIpc) is 2.94. The van der Waals surface area contributed by atoms with Crippen molar-refractivity contribution in [2.24, 2.45) is 5.92 Å². The van der Waals surface area contributed by atoms with Crippen LogP contribution in [0, 0.1) is 5.92 Å². The third-order valence-corrected chi connectivity index (χ3v) is 4.90. The van der Waals surface area contributed by atoms with Crippen molar-refractivity contribution in [2.75, 3.05) is 27.2 Å². The highest BCUT2D eigenvalue weighted by Crippen LogP contribution is 2.37. The van der Waals surface area contributed by atoms with Crippen LogP contribution in [-0.2, 0) is 4.79 Å². The maximum absolute atomic E-state index is 12.9. The Morgan fingerprint density at radius 3 is 2.52 bits per heavy atom. The van der Waals surface area contributed by atoms with Gasteiger partial charge in [-0.05, 0) is 58.7 Å². The molecule has 122 valence electrons. The van der Waals surface area contributed by atoms with Gasteiger partial charge in [-0.3, -0.25) is 10.1 Å². The lowest BCUT2D eigenvalue weighted by Crippen LogP contribution is -2.44. The molecule has 21 heavy (non-hydrogen) atoms. The van der Waals surface area contributed by atoms with Gasteiger partial charge in [-0.25, -0.2) is 0 Å². The highest BCUT2D eigenvalue weighted by Gasteiger charge is 2.51. The Hall–Kier alpha value is -0.610. The summed E-state index contributed by atoms with van der Waals surface area (Å²) in [7, 11) is 4.22. The van der Waals surface area contributed by atoms with E-state index in [-0.39, 0.29) is 11.7 Å². The molecule has 0 aromatic carbocycles. The van der Waals surface area contributed by atoms with Gasteiger partial charge in [0.25, 0.3) is 0 Å². The fraction of sp³-hybridized carbons (Fsp3) is 0.941. The van der Waals surface area contributed by atoms with Crippen molar-refractivity contribution in [1.29, 1.82) is 0 Å². The van der Waals surface area contributed by atoms with E-state index in [1.165, 1.54) is 12.8 Å². The molecule has 4 heteroatoms. The van der Waals surface area contributed by atoms with Crippen molar-refractivity contribution >= 4 is 5.91 Å². The number of hydrogen-bond acceptors (Lipinski definition) is 3. The zero-order chi connectivity index (χ0) is 15.5. The number of nitrogens with one attached hydrogen (secondary N) is 1. The predicted molar refractivity (Wildman–Crippen MR) is 87.1 cm³/mol. The molecule has 1 heterocycles. The molecule has 1 N–H and O–H groups in total. The minimum atomic E-state index is -0.207. The smallest absolute Gasteiger partial charge is 0.244 e. The third-order valence-electron chi connectivity index (χ3n) is 4.90. The van der Waals surface area contributed by atoms with Crippen LogP contribution in [0.3, 0.4) is 0 Å². The number of unbranched alkanes of at least 4 members (excludes halogenated alkanes) is 1. The Kier molecular flexibility index (Phi) is 5.67. The maximum atomic E-state index is 12.9. The molecule has 1 unspecified atom stereocenters. The highest BCUT2D eigenvalue weighted by molar-refractivity contribution is 5.89. The van der Waals surface area contributed by atoms with Crippen LogP contribution in [0.1, 0.15) is 58.8 Å². The van der Waals surface area contributed by atoms with Gasteiger partial charge in [-0.15, -0.1) is 0 Å². The molecule has 2 rings (SSSR count). The molecular weight excluding hydrogens is 262 g/mol. The normalized spacial score (nSPS) is 25.0. The second-order valence-corrected chi connectivity index (χ2v) is 7.59. The molecule has 1 aliphatic heterocycles. The van der Waals surface area contributed by atoms with Gasteiger partial charge in [-0.2, -0.15) is 0 Å². The predicted octanol–water partition coefficient (Wildman–Crippen LogP) is 2.45. The summed E-state index contributed by atoms with van der Waals surface area (Å²) in [5, 5.41) is 3.71. The minimum Gasteiger partial charge on any atom is -0.326 e. The van der Waals surface area contributed by atoms with Crippen LogP contribution < -0.4 is 5.32 Å². The lowest BCUT2D eigenvalue weighted by molar-refractivity contribution is -0.133. The number of rotatable bonds is 7. The summed E-state index contributed by atoms with van der Waals surface area (Å²) in [4.78, 5) is 17.3. The molecule has 2 aliphatic rings. The summed E-state index contributed by atoms with van der Waals surface area (Å²) in [6.07, 6.45) is 8.07. The van der Waals surface area contributed by atoms with E-state index >= 15 is 0 Å². The van der Waals surface area contributed by atoms with Crippen LogP contribution in [0.4, 0.5) is 0 Å². The van der Waals surface area contributed by atoms with Crippen LogP contribution in [0.25, 0.3) is 0 Å². The lowest BCUT2D eigenvalue weighted by Gasteiger charge is -2.25. The van der Waals surface area contributed by atoms with E-state index in [1.807, 2.05) is 0 Å². The Labute approximate surface area is 130 Å². The zero-order valence-electron chi connectivity index (χ0n) is 14.3. The first kappa shape index (κ1) is 16.8. The zero-order valence-corrected chi connectivity index (χ0v) is 14.3. The number of carbonyl (C=O) groups is 1. The minimum absolute atomic E-state index is 0.207. The van der Waals surface area contributed by atoms with Crippen LogP contribution in [0.15, 0.2) is 0 Å². The summed E-state index contributed by atoms with van der Waals surface area (Å²) in [5.41, 5.74) is -0.207. The van der Waals surface area contributed by atoms with Crippen molar-refractivity contribution < 1.29 is 4.79 Å². The molecule has 0 aromatic rings. The van der Waals surface area contributed by atoms with Crippen molar-refractivity contribution in [2.45, 2.75) is 70.5 Å². The van der Waals surface area contributed by atoms with Gasteiger partial charge in [0.1, 0.15) is 0 Å². The van der Waals surface area contributed by atoms with Crippen molar-refractivity contribution in [1.82, 2.24) is 15.1 Å². The van der Waals surface area contributed by atoms with Gasteiger partial charge in [0, 0.05) is 6.54 Å². The highest BCUT2D eigenvalue weighted by atomic mass is 16.2. The Morgan fingerprint density at radius 1 is 1.29 bits per heavy atom. The standard InChI is InChI=1S/C17H33N3O/c1-14(2)13-15-18-17(9-5-6-10-17)16(21)20(15)12-8-7-11-19(3)4/h14-15,18H,5-13H2,1-4H3. The number of nitrogens with zero attached hydrogens (tertiary/aromatic N) is 2. The van der Waals surface area contributed by atoms with Crippen molar-refractivity contribution in [3.05, 3.63) is 0 Å². The van der Waals surface area contributed by atoms with Gasteiger partial charge in [0.15, 0.2) is 0 Å². The Morgan fingerprint density at radius 2 is 1.95 bits per heavy atom. The third kappa shape index (κ3) is 3.98. The first-order valence-corrected chi connectivity index (χ1v) is 8.68. The Balaban J connectivity index is 1.95. The molecule has 4 nitrogen and oxygen atoms in total. The molecule has 0 aromatic heterocycles. The molecule has 1 spiro atoms. The van der Waals surface area contributed by atoms with Gasteiger partial charge in [-0.1, -0.05) is 26.7 Å². The largest absolute Gasteiger partial charge is 0.326 e. The summed E-state index contributed by atoms with van der Waals surface area (Å²) >= 11 is 0. The van der Waals surface area contributed by atoms with Crippen LogP contribution in [-0.4, -0.2) is 54.6 Å². The monoisotopic (exact) mass is 295 g/mol. The van der Waals surface area contributed by atoms with E-state index < -0.39 is 0 Å². The van der Waals surface area contributed by atoms with E-state index in [0.717, 1.165) is 45.2 Å². The fourth-order valence-corrected chi connectivity index (χ4v) is 3.81. The van der Waals surface area contributed by atoms with Gasteiger partial charge in [0.05, 0.1) is 11.7 Å². The fourth-order valence-electron chi connectivity index (χ4n) is 3.81. The number of carbonyl (C=O) groups excluding carboxylic acids is 1. The summed E-state index contributed by atoms with van der Waals surface area (Å²) < 4.78 is 0. The average molecular weight is 295 g/mol. The molecule has 1 aliphatic carbocycles. The summed E-state index contributed by atoms with van der Waals surface area (Å²) in [6, 6.07) is 0. The second kappa shape index (κ2) is 7.10. The molecule has 1 atom stereocenters. The van der Waals surface area contributed by atoms with E-state index in [9.17, 15) is 4.79 Å². The number of amides is 1.